The molecule has 21 heavy (non-hydrogen) atoms. The molecular formula is C15H16ClNO3S. The number of aliphatic hydroxyl groups excluding tert-OH is 1. The van der Waals surface area contributed by atoms with Crippen molar-refractivity contribution in [2.75, 3.05) is 6.54 Å². The van der Waals surface area contributed by atoms with Crippen LogP contribution in [0, 0.1) is 0 Å². The lowest BCUT2D eigenvalue weighted by atomic mass is 10.2. The fraction of sp³-hybridized carbons (Fsp3) is 0.267. The maximum absolute atomic E-state index is 12.0. The van der Waals surface area contributed by atoms with Gasteiger partial charge in [0.05, 0.1) is 18.1 Å². The van der Waals surface area contributed by atoms with Gasteiger partial charge < -0.3 is 14.8 Å². The van der Waals surface area contributed by atoms with Crippen molar-refractivity contribution < 1.29 is 14.3 Å². The van der Waals surface area contributed by atoms with Gasteiger partial charge in [-0.05, 0) is 43.3 Å². The van der Waals surface area contributed by atoms with Crippen molar-refractivity contribution in [1.29, 1.82) is 0 Å². The van der Waals surface area contributed by atoms with Gasteiger partial charge in [-0.1, -0.05) is 11.6 Å². The summed E-state index contributed by atoms with van der Waals surface area (Å²) in [6.45, 7) is 1.94. The first kappa shape index (κ1) is 15.9. The molecule has 0 radical (unpaired) electrons. The molecule has 1 heterocycles. The van der Waals surface area contributed by atoms with E-state index in [-0.39, 0.29) is 17.7 Å². The van der Waals surface area contributed by atoms with Gasteiger partial charge in [0, 0.05) is 9.92 Å². The molecule has 0 bridgehead atoms. The smallest absolute Gasteiger partial charge is 0.233 e. The Bertz CT molecular complexity index is 571. The van der Waals surface area contributed by atoms with Gasteiger partial charge in [0.1, 0.15) is 11.9 Å². The zero-order valence-electron chi connectivity index (χ0n) is 11.5. The molecule has 0 aliphatic carbocycles. The quantitative estimate of drug-likeness (QED) is 0.800. The minimum atomic E-state index is -0.836. The first-order valence-corrected chi connectivity index (χ1v) is 7.73. The number of carbonyl (C=O) groups excluding carboxylic acids is 1. The molecular weight excluding hydrogens is 310 g/mol. The Morgan fingerprint density at radius 2 is 2.10 bits per heavy atom. The van der Waals surface area contributed by atoms with Gasteiger partial charge in [-0.25, -0.2) is 0 Å². The van der Waals surface area contributed by atoms with Gasteiger partial charge in [0.25, 0.3) is 0 Å². The van der Waals surface area contributed by atoms with Crippen LogP contribution in [0.4, 0.5) is 0 Å². The summed E-state index contributed by atoms with van der Waals surface area (Å²) in [6, 6.07) is 10.7. The molecule has 0 aliphatic heterocycles. The lowest BCUT2D eigenvalue weighted by Gasteiger charge is -2.14. The van der Waals surface area contributed by atoms with Gasteiger partial charge in [0.15, 0.2) is 0 Å². The molecule has 1 aromatic carbocycles. The van der Waals surface area contributed by atoms with Crippen LogP contribution in [0.3, 0.4) is 0 Å². The van der Waals surface area contributed by atoms with E-state index in [4.69, 9.17) is 16.0 Å². The molecule has 2 rings (SSSR count). The number of aliphatic hydroxyl groups is 1. The van der Waals surface area contributed by atoms with E-state index in [1.54, 1.807) is 24.3 Å². The number of thioether (sulfide) groups is 1. The summed E-state index contributed by atoms with van der Waals surface area (Å²) in [6.07, 6.45) is 0.649. The predicted molar refractivity (Wildman–Crippen MR) is 83.4 cm³/mol. The van der Waals surface area contributed by atoms with Gasteiger partial charge in [0.2, 0.25) is 5.91 Å². The fourth-order valence-electron chi connectivity index (χ4n) is 1.69. The number of hydrogen-bond donors (Lipinski definition) is 2. The Morgan fingerprint density at radius 1 is 1.38 bits per heavy atom. The standard InChI is InChI=1S/C15H16ClNO3S/c1-10(21-12-6-4-11(16)5-7-12)15(19)17-9-13(18)14-3-2-8-20-14/h2-8,10,13,18H,9H2,1H3,(H,17,19). The van der Waals surface area contributed by atoms with Crippen LogP contribution in [0.5, 0.6) is 0 Å². The maximum atomic E-state index is 12.0. The molecule has 0 spiro atoms. The van der Waals surface area contributed by atoms with Crippen LogP contribution < -0.4 is 5.32 Å². The number of rotatable bonds is 6. The molecule has 6 heteroatoms. The second-order valence-electron chi connectivity index (χ2n) is 4.49. The minimum Gasteiger partial charge on any atom is -0.467 e. The summed E-state index contributed by atoms with van der Waals surface area (Å²) in [5.41, 5.74) is 0. The zero-order chi connectivity index (χ0) is 15.2. The summed E-state index contributed by atoms with van der Waals surface area (Å²) >= 11 is 7.25. The monoisotopic (exact) mass is 325 g/mol. The Labute approximate surface area is 132 Å². The topological polar surface area (TPSA) is 62.5 Å². The molecule has 1 aromatic heterocycles. The summed E-state index contributed by atoms with van der Waals surface area (Å²) < 4.78 is 5.08. The lowest BCUT2D eigenvalue weighted by Crippen LogP contribution is -2.34. The summed E-state index contributed by atoms with van der Waals surface area (Å²) in [5.74, 6) is 0.300. The highest BCUT2D eigenvalue weighted by Gasteiger charge is 2.17. The van der Waals surface area contributed by atoms with E-state index in [9.17, 15) is 9.90 Å². The van der Waals surface area contributed by atoms with Crippen molar-refractivity contribution in [2.45, 2.75) is 23.2 Å². The van der Waals surface area contributed by atoms with Crippen molar-refractivity contribution in [3.63, 3.8) is 0 Å². The molecule has 0 saturated heterocycles. The maximum Gasteiger partial charge on any atom is 0.233 e. The Hall–Kier alpha value is -1.43. The van der Waals surface area contributed by atoms with E-state index in [0.717, 1.165) is 4.90 Å². The molecule has 2 atom stereocenters. The minimum absolute atomic E-state index is 0.123. The highest BCUT2D eigenvalue weighted by Crippen LogP contribution is 2.24. The Kier molecular flexibility index (Phi) is 5.73. The van der Waals surface area contributed by atoms with Crippen molar-refractivity contribution in [2.24, 2.45) is 0 Å². The number of nitrogens with one attached hydrogen (secondary N) is 1. The van der Waals surface area contributed by atoms with Gasteiger partial charge >= 0.3 is 0 Å². The highest BCUT2D eigenvalue weighted by molar-refractivity contribution is 8.00. The van der Waals surface area contributed by atoms with Gasteiger partial charge in [-0.15, -0.1) is 11.8 Å². The van der Waals surface area contributed by atoms with E-state index in [0.29, 0.717) is 10.8 Å². The predicted octanol–water partition coefficient (Wildman–Crippen LogP) is 3.26. The van der Waals surface area contributed by atoms with Gasteiger partial charge in [-0.3, -0.25) is 4.79 Å². The van der Waals surface area contributed by atoms with Crippen LogP contribution in [0.25, 0.3) is 0 Å². The number of furan rings is 1. The summed E-state index contributed by atoms with van der Waals surface area (Å²) in [4.78, 5) is 13.0. The third kappa shape index (κ3) is 4.81. The van der Waals surface area contributed by atoms with Crippen molar-refractivity contribution >= 4 is 29.3 Å². The number of carbonyl (C=O) groups is 1. The number of halogens is 1. The Balaban J connectivity index is 1.81. The van der Waals surface area contributed by atoms with E-state index < -0.39 is 6.10 Å². The van der Waals surface area contributed by atoms with Crippen molar-refractivity contribution in [3.8, 4) is 0 Å². The van der Waals surface area contributed by atoms with E-state index >= 15 is 0 Å². The molecule has 0 aliphatic rings. The van der Waals surface area contributed by atoms with Crippen LogP contribution in [0.15, 0.2) is 52.0 Å². The van der Waals surface area contributed by atoms with E-state index in [2.05, 4.69) is 5.32 Å². The van der Waals surface area contributed by atoms with Gasteiger partial charge in [-0.2, -0.15) is 0 Å². The third-order valence-electron chi connectivity index (χ3n) is 2.84. The average molecular weight is 326 g/mol. The number of benzene rings is 1. The summed E-state index contributed by atoms with van der Waals surface area (Å²) in [7, 11) is 0. The second kappa shape index (κ2) is 7.54. The molecule has 2 N–H and O–H groups in total. The SMILES string of the molecule is CC(Sc1ccc(Cl)cc1)C(=O)NCC(O)c1ccco1. The normalized spacial score (nSPS) is 13.7. The zero-order valence-corrected chi connectivity index (χ0v) is 13.0. The average Bonchev–Trinajstić information content (AvgIpc) is 3.01. The molecule has 0 fully saturated rings. The molecule has 2 unspecified atom stereocenters. The largest absolute Gasteiger partial charge is 0.467 e. The highest BCUT2D eigenvalue weighted by atomic mass is 35.5. The molecule has 112 valence electrons. The van der Waals surface area contributed by atoms with Crippen LogP contribution >= 0.6 is 23.4 Å². The summed E-state index contributed by atoms with van der Waals surface area (Å²) in [5, 5.41) is 12.9. The lowest BCUT2D eigenvalue weighted by molar-refractivity contribution is -0.120. The number of hydrogen-bond acceptors (Lipinski definition) is 4. The van der Waals surface area contributed by atoms with Crippen LogP contribution in [0.1, 0.15) is 18.8 Å². The van der Waals surface area contributed by atoms with Crippen molar-refractivity contribution in [3.05, 3.63) is 53.4 Å². The van der Waals surface area contributed by atoms with Crippen molar-refractivity contribution in [1.82, 2.24) is 5.32 Å². The molecule has 1 amide bonds. The first-order chi connectivity index (χ1) is 10.1. The molecule has 0 saturated carbocycles. The van der Waals surface area contributed by atoms with E-state index in [1.807, 2.05) is 19.1 Å². The third-order valence-corrected chi connectivity index (χ3v) is 4.20. The molecule has 4 nitrogen and oxygen atoms in total. The Morgan fingerprint density at radius 3 is 2.71 bits per heavy atom. The molecule has 2 aromatic rings. The fourth-order valence-corrected chi connectivity index (χ4v) is 2.71. The van der Waals surface area contributed by atoms with Crippen LogP contribution in [-0.4, -0.2) is 22.8 Å². The van der Waals surface area contributed by atoms with Crippen LogP contribution in [0.2, 0.25) is 5.02 Å². The van der Waals surface area contributed by atoms with E-state index in [1.165, 1.54) is 18.0 Å². The van der Waals surface area contributed by atoms with Crippen LogP contribution in [-0.2, 0) is 4.79 Å². The first-order valence-electron chi connectivity index (χ1n) is 6.47. The second-order valence-corrected chi connectivity index (χ2v) is 6.34. The number of amides is 1.